The molecule has 5 nitrogen and oxygen atoms in total. The summed E-state index contributed by atoms with van der Waals surface area (Å²) in [5.41, 5.74) is -11.9. The summed E-state index contributed by atoms with van der Waals surface area (Å²) in [5.74, 6) is -21.2. The monoisotopic (exact) mass is 438 g/mol. The third kappa shape index (κ3) is 2.85. The van der Waals surface area contributed by atoms with Crippen molar-refractivity contribution in [3.8, 4) is 0 Å². The summed E-state index contributed by atoms with van der Waals surface area (Å²) in [5, 5.41) is 27.1. The third-order valence-corrected chi connectivity index (χ3v) is 4.30. The minimum absolute atomic E-state index is 0.160. The largest absolute Gasteiger partial charge is 0.478 e. The maximum atomic E-state index is 14.4. The molecule has 1 fully saturated rings. The maximum absolute atomic E-state index is 14.4. The molecular weight excluding hydrogens is 426 g/mol. The van der Waals surface area contributed by atoms with Crippen LogP contribution in [0.25, 0.3) is 0 Å². The molecule has 1 saturated heterocycles. The van der Waals surface area contributed by atoms with Gasteiger partial charge in [0.25, 0.3) is 5.60 Å². The lowest BCUT2D eigenvalue weighted by Gasteiger charge is -2.58. The Balaban J connectivity index is 3.88. The molecule has 15 heteroatoms. The zero-order valence-electron chi connectivity index (χ0n) is 13.7. The lowest BCUT2D eigenvalue weighted by atomic mass is 9.70. The Morgan fingerprint density at radius 3 is 1.71 bits per heavy atom. The molecule has 1 rings (SSSR count). The number of carbonyl (C=O) groups is 1. The second-order valence-corrected chi connectivity index (χ2v) is 6.23. The first kappa shape index (κ1) is 24.4. The summed E-state index contributed by atoms with van der Waals surface area (Å²) in [7, 11) is 0. The van der Waals surface area contributed by atoms with Crippen molar-refractivity contribution in [1.82, 2.24) is 0 Å². The first-order valence-electron chi connectivity index (χ1n) is 6.97. The van der Waals surface area contributed by atoms with Gasteiger partial charge in [-0.1, -0.05) is 6.08 Å². The quantitative estimate of drug-likeness (QED) is 0.466. The van der Waals surface area contributed by atoms with Crippen molar-refractivity contribution in [2.75, 3.05) is 0 Å². The molecule has 0 aromatic rings. The van der Waals surface area contributed by atoms with Crippen LogP contribution < -0.4 is 0 Å². The second kappa shape index (κ2) is 6.19. The van der Waals surface area contributed by atoms with Crippen molar-refractivity contribution >= 4 is 5.97 Å². The molecule has 0 spiro atoms. The maximum Gasteiger partial charge on any atom is 0.449 e. The van der Waals surface area contributed by atoms with Crippen molar-refractivity contribution in [3.05, 3.63) is 11.6 Å². The highest BCUT2D eigenvalue weighted by Gasteiger charge is 2.96. The SMILES string of the molecule is CC(=CCC1(C)OC(O)(C(F)(F)F)C(F)(F)C(O)(C(F)(F)F)C1(F)F)C(=O)O. The van der Waals surface area contributed by atoms with Crippen LogP contribution in [0.1, 0.15) is 20.3 Å². The van der Waals surface area contributed by atoms with E-state index in [0.29, 0.717) is 6.92 Å². The molecule has 1 aliphatic heterocycles. The molecule has 1 aliphatic rings. The lowest BCUT2D eigenvalue weighted by molar-refractivity contribution is -0.558. The lowest BCUT2D eigenvalue weighted by Crippen LogP contribution is -2.87. The fraction of sp³-hybridized carbons (Fsp3) is 0.769. The number of alkyl halides is 10. The van der Waals surface area contributed by atoms with Crippen LogP contribution >= 0.6 is 0 Å². The molecule has 0 bridgehead atoms. The third-order valence-electron chi connectivity index (χ3n) is 4.30. The van der Waals surface area contributed by atoms with Gasteiger partial charge in [-0.2, -0.15) is 43.9 Å². The van der Waals surface area contributed by atoms with Gasteiger partial charge in [0.1, 0.15) is 5.60 Å². The summed E-state index contributed by atoms with van der Waals surface area (Å²) in [6.07, 6.45) is -15.5. The Kier molecular flexibility index (Phi) is 5.40. The summed E-state index contributed by atoms with van der Waals surface area (Å²) in [6, 6.07) is 0. The smallest absolute Gasteiger partial charge is 0.449 e. The molecular formula is C13H12F10O5. The van der Waals surface area contributed by atoms with E-state index in [4.69, 9.17) is 5.11 Å². The number of carboxylic acids is 1. The molecule has 0 aromatic heterocycles. The van der Waals surface area contributed by atoms with Crippen molar-refractivity contribution in [3.63, 3.8) is 0 Å². The average Bonchev–Trinajstić information content (AvgIpc) is 2.47. The minimum Gasteiger partial charge on any atom is -0.478 e. The van der Waals surface area contributed by atoms with Crippen LogP contribution in [-0.4, -0.2) is 62.5 Å². The van der Waals surface area contributed by atoms with E-state index >= 15 is 0 Å². The molecule has 3 N–H and O–H groups in total. The Labute approximate surface area is 149 Å². The number of aliphatic carboxylic acids is 1. The Hall–Kier alpha value is -1.61. The van der Waals surface area contributed by atoms with E-state index in [9.17, 15) is 58.9 Å². The summed E-state index contributed by atoms with van der Waals surface area (Å²) < 4.78 is 138. The fourth-order valence-electron chi connectivity index (χ4n) is 2.48. The molecule has 0 saturated carbocycles. The Morgan fingerprint density at radius 1 is 0.964 bits per heavy atom. The molecule has 3 atom stereocenters. The number of hydrogen-bond acceptors (Lipinski definition) is 4. The van der Waals surface area contributed by atoms with E-state index in [1.165, 1.54) is 0 Å². The van der Waals surface area contributed by atoms with Crippen molar-refractivity contribution in [2.24, 2.45) is 0 Å². The highest BCUT2D eigenvalue weighted by Crippen LogP contribution is 2.66. The minimum atomic E-state index is -7.09. The molecule has 28 heavy (non-hydrogen) atoms. The molecule has 164 valence electrons. The van der Waals surface area contributed by atoms with Gasteiger partial charge in [0.15, 0.2) is 0 Å². The second-order valence-electron chi connectivity index (χ2n) is 6.23. The first-order chi connectivity index (χ1) is 12.0. The van der Waals surface area contributed by atoms with Gasteiger partial charge in [0.05, 0.1) is 0 Å². The van der Waals surface area contributed by atoms with Crippen LogP contribution in [0.5, 0.6) is 0 Å². The summed E-state index contributed by atoms with van der Waals surface area (Å²) >= 11 is 0. The highest BCUT2D eigenvalue weighted by atomic mass is 19.4. The zero-order valence-corrected chi connectivity index (χ0v) is 13.7. The highest BCUT2D eigenvalue weighted by molar-refractivity contribution is 5.85. The van der Waals surface area contributed by atoms with E-state index in [1.54, 1.807) is 0 Å². The molecule has 1 heterocycles. The number of halogens is 10. The van der Waals surface area contributed by atoms with Crippen LogP contribution in [0.3, 0.4) is 0 Å². The van der Waals surface area contributed by atoms with Gasteiger partial charge in [-0.3, -0.25) is 0 Å². The van der Waals surface area contributed by atoms with Gasteiger partial charge in [0.2, 0.25) is 0 Å². The average molecular weight is 438 g/mol. The Morgan fingerprint density at radius 2 is 1.39 bits per heavy atom. The van der Waals surface area contributed by atoms with Crippen LogP contribution in [0.4, 0.5) is 43.9 Å². The predicted molar refractivity (Wildman–Crippen MR) is 67.4 cm³/mol. The standard InChI is InChI=1S/C13H12F10O5/c1-5(6(24)25)3-4-7(2)9(14,15)8(26,12(18,19)20)10(16,17)11(27,28-7)13(21,22)23/h3,26-27H,4H2,1-2H3,(H,24,25). The van der Waals surface area contributed by atoms with Crippen LogP contribution in [0.2, 0.25) is 0 Å². The first-order valence-corrected chi connectivity index (χ1v) is 6.97. The van der Waals surface area contributed by atoms with Crippen molar-refractivity contribution in [1.29, 1.82) is 0 Å². The fourth-order valence-corrected chi connectivity index (χ4v) is 2.48. The van der Waals surface area contributed by atoms with Gasteiger partial charge >= 0.3 is 36.0 Å². The van der Waals surface area contributed by atoms with Crippen LogP contribution in [0.15, 0.2) is 11.6 Å². The van der Waals surface area contributed by atoms with Crippen molar-refractivity contribution in [2.45, 2.75) is 61.5 Å². The number of hydrogen-bond donors (Lipinski definition) is 3. The van der Waals surface area contributed by atoms with E-state index < -0.39 is 59.2 Å². The molecule has 3 unspecified atom stereocenters. The van der Waals surface area contributed by atoms with Crippen molar-refractivity contribution < 1.29 is 68.8 Å². The summed E-state index contributed by atoms with van der Waals surface area (Å²) in [4.78, 5) is 10.6. The number of carboxylic acid groups (broad SMARTS) is 1. The number of ether oxygens (including phenoxy) is 1. The normalized spacial score (nSPS) is 36.3. The van der Waals surface area contributed by atoms with Gasteiger partial charge in [-0.15, -0.1) is 0 Å². The van der Waals surface area contributed by atoms with Crippen LogP contribution in [0, 0.1) is 0 Å². The topological polar surface area (TPSA) is 87.0 Å². The number of rotatable bonds is 3. The molecule has 0 aromatic carbocycles. The van der Waals surface area contributed by atoms with Gasteiger partial charge < -0.3 is 20.1 Å². The number of aliphatic hydroxyl groups is 2. The van der Waals surface area contributed by atoms with Gasteiger partial charge in [0, 0.05) is 12.0 Å². The van der Waals surface area contributed by atoms with E-state index in [1.807, 2.05) is 0 Å². The van der Waals surface area contributed by atoms with Gasteiger partial charge in [-0.05, 0) is 13.8 Å². The van der Waals surface area contributed by atoms with E-state index in [0.717, 1.165) is 0 Å². The Bertz CT molecular complexity index is 684. The molecule has 0 amide bonds. The zero-order chi connectivity index (χ0) is 22.8. The van der Waals surface area contributed by atoms with E-state index in [2.05, 4.69) is 4.74 Å². The van der Waals surface area contributed by atoms with Gasteiger partial charge in [-0.25, -0.2) is 4.79 Å². The van der Waals surface area contributed by atoms with Crippen LogP contribution in [-0.2, 0) is 9.53 Å². The van der Waals surface area contributed by atoms with E-state index in [-0.39, 0.29) is 13.0 Å². The molecule has 0 aliphatic carbocycles. The summed E-state index contributed by atoms with van der Waals surface area (Å²) in [6.45, 7) is 0.481. The molecule has 0 radical (unpaired) electrons. The predicted octanol–water partition coefficient (Wildman–Crippen LogP) is 3.01.